The summed E-state index contributed by atoms with van der Waals surface area (Å²) >= 11 is 0. The molecule has 2 N–H and O–H groups in total. The third-order valence-electron chi connectivity index (χ3n) is 5.35. The molecule has 32 heavy (non-hydrogen) atoms. The molecule has 0 radical (unpaired) electrons. The molecule has 0 bridgehead atoms. The van der Waals surface area contributed by atoms with Crippen molar-refractivity contribution in [3.8, 4) is 0 Å². The van der Waals surface area contributed by atoms with Gasteiger partial charge in [-0.2, -0.15) is 23.4 Å². The van der Waals surface area contributed by atoms with Gasteiger partial charge in [0, 0.05) is 18.8 Å². The van der Waals surface area contributed by atoms with E-state index in [2.05, 4.69) is 38.1 Å². The molecule has 1 aliphatic rings. The summed E-state index contributed by atoms with van der Waals surface area (Å²) in [7, 11) is 0. The van der Waals surface area contributed by atoms with Gasteiger partial charge in [-0.3, -0.25) is 0 Å². The minimum atomic E-state index is -4.36. The number of hydrogen-bond donors (Lipinski definition) is 2. The van der Waals surface area contributed by atoms with Crippen LogP contribution in [0.5, 0.6) is 0 Å². The topological polar surface area (TPSA) is 52.0 Å². The fourth-order valence-electron chi connectivity index (χ4n) is 3.55. The Morgan fingerprint density at radius 1 is 0.781 bits per heavy atom. The number of rotatable bonds is 6. The van der Waals surface area contributed by atoms with Gasteiger partial charge in [-0.25, -0.2) is 0 Å². The van der Waals surface area contributed by atoms with Gasteiger partial charge in [-0.1, -0.05) is 0 Å². The standard InChI is InChI=1S/C24H24F3N5/c1-17-16-21(30-28-20-8-11-22(12-9-20)32-14-2-3-15-32)10-13-23(17)31-29-19-6-4-18(5-7-19)24(25,26)27/h4-13,16,28,30H,2-3,14-15H2,1H3. The quantitative estimate of drug-likeness (QED) is 0.309. The Balaban J connectivity index is 1.35. The summed E-state index contributed by atoms with van der Waals surface area (Å²) in [4.78, 5) is 2.39. The molecule has 0 saturated carbocycles. The molecule has 5 nitrogen and oxygen atoms in total. The van der Waals surface area contributed by atoms with E-state index in [9.17, 15) is 13.2 Å². The fourth-order valence-corrected chi connectivity index (χ4v) is 3.55. The SMILES string of the molecule is Cc1cc(NNc2ccc(N3CCCC3)cc2)ccc1N=Nc1ccc(C(F)(F)F)cc1. The van der Waals surface area contributed by atoms with Gasteiger partial charge in [0.2, 0.25) is 0 Å². The van der Waals surface area contributed by atoms with E-state index >= 15 is 0 Å². The van der Waals surface area contributed by atoms with Crippen LogP contribution < -0.4 is 15.8 Å². The highest BCUT2D eigenvalue weighted by Gasteiger charge is 2.29. The first-order chi connectivity index (χ1) is 15.4. The maximum Gasteiger partial charge on any atom is 0.416 e. The number of alkyl halides is 3. The van der Waals surface area contributed by atoms with E-state index in [4.69, 9.17) is 0 Å². The van der Waals surface area contributed by atoms with Crippen LogP contribution in [0.2, 0.25) is 0 Å². The molecule has 0 atom stereocenters. The van der Waals surface area contributed by atoms with Crippen LogP contribution in [0.15, 0.2) is 77.0 Å². The molecule has 8 heteroatoms. The van der Waals surface area contributed by atoms with Gasteiger partial charge in [0.25, 0.3) is 0 Å². The van der Waals surface area contributed by atoms with E-state index in [0.29, 0.717) is 11.4 Å². The van der Waals surface area contributed by atoms with E-state index in [-0.39, 0.29) is 0 Å². The molecule has 166 valence electrons. The molecule has 0 unspecified atom stereocenters. The molecule has 1 fully saturated rings. The van der Waals surface area contributed by atoms with Crippen molar-refractivity contribution < 1.29 is 13.2 Å². The smallest absolute Gasteiger partial charge is 0.372 e. The highest BCUT2D eigenvalue weighted by Crippen LogP contribution is 2.31. The minimum Gasteiger partial charge on any atom is -0.372 e. The van der Waals surface area contributed by atoms with Crippen LogP contribution in [-0.2, 0) is 6.18 Å². The molecule has 0 spiro atoms. The summed E-state index contributed by atoms with van der Waals surface area (Å²) in [6.45, 7) is 4.14. The number of anilines is 3. The first-order valence-corrected chi connectivity index (χ1v) is 10.5. The van der Waals surface area contributed by atoms with E-state index in [0.717, 1.165) is 42.2 Å². The Morgan fingerprint density at radius 3 is 2.03 bits per heavy atom. The predicted octanol–water partition coefficient (Wildman–Crippen LogP) is 7.47. The number of azo groups is 1. The normalized spacial score (nSPS) is 14.2. The molecule has 0 aliphatic carbocycles. The summed E-state index contributed by atoms with van der Waals surface area (Å²) < 4.78 is 37.9. The molecule has 0 aromatic heterocycles. The Hall–Kier alpha value is -3.55. The monoisotopic (exact) mass is 439 g/mol. The van der Waals surface area contributed by atoms with Gasteiger partial charge in [0.05, 0.1) is 28.3 Å². The van der Waals surface area contributed by atoms with Crippen LogP contribution in [0.4, 0.5) is 41.6 Å². The molecule has 0 amide bonds. The van der Waals surface area contributed by atoms with Crippen molar-refractivity contribution in [2.45, 2.75) is 25.9 Å². The van der Waals surface area contributed by atoms with Crippen molar-refractivity contribution in [2.75, 3.05) is 28.8 Å². The summed E-state index contributed by atoms with van der Waals surface area (Å²) in [6, 6.07) is 18.5. The largest absolute Gasteiger partial charge is 0.416 e. The lowest BCUT2D eigenvalue weighted by atomic mass is 10.2. The lowest BCUT2D eigenvalue weighted by Crippen LogP contribution is -2.17. The van der Waals surface area contributed by atoms with Crippen LogP contribution in [0.1, 0.15) is 24.0 Å². The third-order valence-corrected chi connectivity index (χ3v) is 5.35. The lowest BCUT2D eigenvalue weighted by Gasteiger charge is -2.18. The number of hydrazine groups is 1. The van der Waals surface area contributed by atoms with Gasteiger partial charge in [-0.05, 0) is 92.1 Å². The number of aryl methyl sites for hydroxylation is 1. The van der Waals surface area contributed by atoms with Crippen molar-refractivity contribution in [2.24, 2.45) is 10.2 Å². The van der Waals surface area contributed by atoms with Crippen LogP contribution in [-0.4, -0.2) is 13.1 Å². The predicted molar refractivity (Wildman–Crippen MR) is 122 cm³/mol. The number of benzene rings is 3. The summed E-state index contributed by atoms with van der Waals surface area (Å²) in [6.07, 6.45) is -1.86. The second-order valence-electron chi connectivity index (χ2n) is 7.74. The second kappa shape index (κ2) is 9.30. The molecule has 1 heterocycles. The number of hydrogen-bond acceptors (Lipinski definition) is 5. The van der Waals surface area contributed by atoms with Gasteiger partial charge in [-0.15, -0.1) is 0 Å². The Bertz CT molecular complexity index is 1070. The molecule has 3 aromatic carbocycles. The van der Waals surface area contributed by atoms with Crippen molar-refractivity contribution in [3.05, 3.63) is 77.9 Å². The number of nitrogens with zero attached hydrogens (tertiary/aromatic N) is 3. The van der Waals surface area contributed by atoms with E-state index in [1.165, 1.54) is 30.7 Å². The zero-order chi connectivity index (χ0) is 22.6. The van der Waals surface area contributed by atoms with Crippen molar-refractivity contribution in [1.82, 2.24) is 0 Å². The van der Waals surface area contributed by atoms with Crippen LogP contribution in [0, 0.1) is 6.92 Å². The Morgan fingerprint density at radius 2 is 1.41 bits per heavy atom. The van der Waals surface area contributed by atoms with Crippen LogP contribution in [0.25, 0.3) is 0 Å². The molecule has 1 aliphatic heterocycles. The zero-order valence-corrected chi connectivity index (χ0v) is 17.7. The maximum absolute atomic E-state index is 12.6. The Labute approximate surface area is 185 Å². The fraction of sp³-hybridized carbons (Fsp3) is 0.250. The minimum absolute atomic E-state index is 0.360. The Kier molecular flexibility index (Phi) is 6.30. The zero-order valence-electron chi connectivity index (χ0n) is 17.7. The molecule has 4 rings (SSSR count). The average molecular weight is 439 g/mol. The van der Waals surface area contributed by atoms with E-state index < -0.39 is 11.7 Å². The highest BCUT2D eigenvalue weighted by atomic mass is 19.4. The summed E-state index contributed by atoms with van der Waals surface area (Å²) in [5, 5.41) is 8.21. The van der Waals surface area contributed by atoms with Crippen molar-refractivity contribution in [1.29, 1.82) is 0 Å². The molecular weight excluding hydrogens is 415 g/mol. The molecular formula is C24H24F3N5. The highest BCUT2D eigenvalue weighted by molar-refractivity contribution is 5.61. The number of nitrogens with one attached hydrogen (secondary N) is 2. The first-order valence-electron chi connectivity index (χ1n) is 10.5. The lowest BCUT2D eigenvalue weighted by molar-refractivity contribution is -0.137. The number of halogens is 3. The summed E-state index contributed by atoms with van der Waals surface area (Å²) in [5.74, 6) is 0. The van der Waals surface area contributed by atoms with Crippen molar-refractivity contribution >= 4 is 28.4 Å². The van der Waals surface area contributed by atoms with Crippen molar-refractivity contribution in [3.63, 3.8) is 0 Å². The van der Waals surface area contributed by atoms with Gasteiger partial charge in [0.15, 0.2) is 0 Å². The van der Waals surface area contributed by atoms with E-state index in [1.807, 2.05) is 37.3 Å². The molecule has 1 saturated heterocycles. The maximum atomic E-state index is 12.6. The van der Waals surface area contributed by atoms with Gasteiger partial charge >= 0.3 is 6.18 Å². The van der Waals surface area contributed by atoms with Crippen LogP contribution in [0.3, 0.4) is 0 Å². The molecule has 3 aromatic rings. The van der Waals surface area contributed by atoms with E-state index in [1.54, 1.807) is 0 Å². The second-order valence-corrected chi connectivity index (χ2v) is 7.74. The van der Waals surface area contributed by atoms with Gasteiger partial charge in [0.1, 0.15) is 0 Å². The summed E-state index contributed by atoms with van der Waals surface area (Å²) in [5.41, 5.74) is 10.6. The first kappa shape index (κ1) is 21.7. The third kappa shape index (κ3) is 5.38. The average Bonchev–Trinajstić information content (AvgIpc) is 3.32. The van der Waals surface area contributed by atoms with Gasteiger partial charge < -0.3 is 15.8 Å². The van der Waals surface area contributed by atoms with Crippen LogP contribution >= 0.6 is 0 Å².